The zero-order valence-corrected chi connectivity index (χ0v) is 16.6. The Morgan fingerprint density at radius 2 is 1.63 bits per heavy atom. The Labute approximate surface area is 173 Å². The number of ketones is 1. The number of carbonyl (C=O) groups is 2. The number of aromatic nitrogens is 1. The molecule has 1 amide bonds. The van der Waals surface area contributed by atoms with E-state index in [-0.39, 0.29) is 0 Å². The summed E-state index contributed by atoms with van der Waals surface area (Å²) in [6, 6.07) is 22.0. The average molecular weight is 400 g/mol. The van der Waals surface area contributed by atoms with Crippen LogP contribution in [-0.2, 0) is 4.79 Å². The molecule has 2 aromatic heterocycles. The number of amides is 1. The molecule has 0 spiro atoms. The van der Waals surface area contributed by atoms with Gasteiger partial charge >= 0.3 is 0 Å². The summed E-state index contributed by atoms with van der Waals surface area (Å²) in [6.07, 6.45) is 1.77. The number of nitrogens with zero attached hydrogens (tertiary/aromatic N) is 1. The fraction of sp³-hybridized carbons (Fsp3) is 0.0833. The highest BCUT2D eigenvalue weighted by Crippen LogP contribution is 2.31. The van der Waals surface area contributed by atoms with Gasteiger partial charge in [0.25, 0.3) is 11.7 Å². The molecule has 4 rings (SSSR count). The number of fused-ring (bicyclic) bond motifs is 1. The van der Waals surface area contributed by atoms with Crippen molar-refractivity contribution in [2.45, 2.75) is 0 Å². The van der Waals surface area contributed by atoms with Gasteiger partial charge in [0.1, 0.15) is 17.2 Å². The SMILES string of the molecule is COc1ccc(NC(=O)C(=O)c2c(-c3ccccc3)cc3ccccn23)c(OC)c1. The van der Waals surface area contributed by atoms with Crippen LogP contribution in [0.25, 0.3) is 16.6 Å². The van der Waals surface area contributed by atoms with Crippen LogP contribution in [0.4, 0.5) is 5.69 Å². The highest BCUT2D eigenvalue weighted by molar-refractivity contribution is 6.47. The van der Waals surface area contributed by atoms with Gasteiger partial charge in [-0.25, -0.2) is 0 Å². The van der Waals surface area contributed by atoms with Crippen molar-refractivity contribution in [2.75, 3.05) is 19.5 Å². The molecule has 2 aromatic carbocycles. The van der Waals surface area contributed by atoms with E-state index >= 15 is 0 Å². The van der Waals surface area contributed by atoms with E-state index in [4.69, 9.17) is 9.47 Å². The molecule has 0 atom stereocenters. The standard InChI is InChI=1S/C24H20N2O4/c1-29-18-11-12-20(21(15-18)30-2)25-24(28)23(27)22-19(16-8-4-3-5-9-16)14-17-10-6-7-13-26(17)22/h3-15H,1-2H3,(H,25,28). The molecule has 30 heavy (non-hydrogen) atoms. The first kappa shape index (κ1) is 19.3. The van der Waals surface area contributed by atoms with Crippen LogP contribution in [0.2, 0.25) is 0 Å². The third kappa shape index (κ3) is 3.51. The number of hydrogen-bond acceptors (Lipinski definition) is 4. The predicted octanol–water partition coefficient (Wildman–Crippen LogP) is 4.44. The predicted molar refractivity (Wildman–Crippen MR) is 115 cm³/mol. The van der Waals surface area contributed by atoms with E-state index in [0.29, 0.717) is 28.4 Å². The number of hydrogen-bond donors (Lipinski definition) is 1. The molecule has 6 heteroatoms. The first-order chi connectivity index (χ1) is 14.6. The zero-order valence-electron chi connectivity index (χ0n) is 16.6. The highest BCUT2D eigenvalue weighted by atomic mass is 16.5. The second kappa shape index (κ2) is 8.13. The molecule has 0 fully saturated rings. The molecular formula is C24H20N2O4. The molecular weight excluding hydrogens is 380 g/mol. The number of carbonyl (C=O) groups excluding carboxylic acids is 2. The van der Waals surface area contributed by atoms with Gasteiger partial charge in [0.05, 0.1) is 19.9 Å². The van der Waals surface area contributed by atoms with Gasteiger partial charge in [-0.3, -0.25) is 9.59 Å². The van der Waals surface area contributed by atoms with Crippen LogP contribution in [0.5, 0.6) is 11.5 Å². The van der Waals surface area contributed by atoms with E-state index < -0.39 is 11.7 Å². The third-order valence-corrected chi connectivity index (χ3v) is 4.84. The molecule has 0 unspecified atom stereocenters. The molecule has 4 aromatic rings. The summed E-state index contributed by atoms with van der Waals surface area (Å²) in [5.41, 5.74) is 3.08. The average Bonchev–Trinajstić information content (AvgIpc) is 3.19. The summed E-state index contributed by atoms with van der Waals surface area (Å²) >= 11 is 0. The molecule has 2 heterocycles. The molecule has 0 aliphatic heterocycles. The van der Waals surface area contributed by atoms with Gasteiger partial charge in [-0.15, -0.1) is 0 Å². The number of Topliss-reactive ketones (excluding diaryl/α,β-unsaturated/α-hetero) is 1. The minimum atomic E-state index is -0.750. The topological polar surface area (TPSA) is 69.0 Å². The Morgan fingerprint density at radius 3 is 2.37 bits per heavy atom. The normalized spacial score (nSPS) is 10.6. The minimum Gasteiger partial charge on any atom is -0.497 e. The van der Waals surface area contributed by atoms with E-state index in [1.165, 1.54) is 7.11 Å². The van der Waals surface area contributed by atoms with Crippen LogP contribution in [0.3, 0.4) is 0 Å². The number of benzene rings is 2. The van der Waals surface area contributed by atoms with E-state index in [1.807, 2.05) is 54.6 Å². The smallest absolute Gasteiger partial charge is 0.298 e. The van der Waals surface area contributed by atoms with E-state index in [2.05, 4.69) is 5.32 Å². The van der Waals surface area contributed by atoms with Crippen molar-refractivity contribution in [3.05, 3.63) is 84.7 Å². The van der Waals surface area contributed by atoms with Crippen LogP contribution >= 0.6 is 0 Å². The van der Waals surface area contributed by atoms with Crippen molar-refractivity contribution < 1.29 is 19.1 Å². The maximum absolute atomic E-state index is 13.2. The van der Waals surface area contributed by atoms with Crippen LogP contribution in [0.1, 0.15) is 10.5 Å². The van der Waals surface area contributed by atoms with Gasteiger partial charge < -0.3 is 19.2 Å². The maximum Gasteiger partial charge on any atom is 0.298 e. The summed E-state index contributed by atoms with van der Waals surface area (Å²) in [7, 11) is 3.03. The third-order valence-electron chi connectivity index (χ3n) is 4.84. The largest absolute Gasteiger partial charge is 0.497 e. The van der Waals surface area contributed by atoms with Crippen molar-refractivity contribution in [3.8, 4) is 22.6 Å². The lowest BCUT2D eigenvalue weighted by Crippen LogP contribution is -2.25. The molecule has 0 aliphatic carbocycles. The maximum atomic E-state index is 13.2. The first-order valence-corrected chi connectivity index (χ1v) is 9.35. The highest BCUT2D eigenvalue weighted by Gasteiger charge is 2.25. The molecule has 0 saturated heterocycles. The molecule has 0 bridgehead atoms. The Kier molecular flexibility index (Phi) is 5.22. The van der Waals surface area contributed by atoms with Gasteiger partial charge in [-0.1, -0.05) is 36.4 Å². The fourth-order valence-corrected chi connectivity index (χ4v) is 3.38. The van der Waals surface area contributed by atoms with E-state index in [1.54, 1.807) is 35.9 Å². The number of anilines is 1. The van der Waals surface area contributed by atoms with Crippen molar-refractivity contribution in [1.29, 1.82) is 0 Å². The van der Waals surface area contributed by atoms with Crippen LogP contribution in [0.15, 0.2) is 79.0 Å². The summed E-state index contributed by atoms with van der Waals surface area (Å²) in [5, 5.41) is 2.66. The Hall–Kier alpha value is -4.06. The summed E-state index contributed by atoms with van der Waals surface area (Å²) < 4.78 is 12.2. The van der Waals surface area contributed by atoms with Crippen molar-refractivity contribution in [2.24, 2.45) is 0 Å². The zero-order chi connectivity index (χ0) is 21.1. The summed E-state index contributed by atoms with van der Waals surface area (Å²) in [6.45, 7) is 0. The molecule has 0 radical (unpaired) electrons. The lowest BCUT2D eigenvalue weighted by molar-refractivity contribution is -0.112. The Bertz CT molecular complexity index is 1230. The van der Waals surface area contributed by atoms with Gasteiger partial charge in [-0.05, 0) is 35.9 Å². The van der Waals surface area contributed by atoms with Crippen LogP contribution < -0.4 is 14.8 Å². The molecule has 0 aliphatic rings. The minimum absolute atomic E-state index is 0.307. The second-order valence-corrected chi connectivity index (χ2v) is 6.62. The molecule has 150 valence electrons. The lowest BCUT2D eigenvalue weighted by Gasteiger charge is -2.12. The number of nitrogens with one attached hydrogen (secondary N) is 1. The van der Waals surface area contributed by atoms with Gasteiger partial charge in [0, 0.05) is 23.3 Å². The van der Waals surface area contributed by atoms with Crippen LogP contribution in [0, 0.1) is 0 Å². The molecule has 0 saturated carbocycles. The molecule has 1 N–H and O–H groups in total. The van der Waals surface area contributed by atoms with Gasteiger partial charge in [0.15, 0.2) is 0 Å². The van der Waals surface area contributed by atoms with E-state index in [0.717, 1.165) is 11.1 Å². The van der Waals surface area contributed by atoms with Crippen molar-refractivity contribution in [1.82, 2.24) is 4.40 Å². The number of ether oxygens (including phenoxy) is 2. The van der Waals surface area contributed by atoms with E-state index in [9.17, 15) is 9.59 Å². The molecule has 6 nitrogen and oxygen atoms in total. The fourth-order valence-electron chi connectivity index (χ4n) is 3.38. The van der Waals surface area contributed by atoms with Crippen molar-refractivity contribution >= 4 is 22.9 Å². The van der Waals surface area contributed by atoms with Crippen molar-refractivity contribution in [3.63, 3.8) is 0 Å². The monoisotopic (exact) mass is 400 g/mol. The number of methoxy groups -OCH3 is 2. The number of pyridine rings is 1. The lowest BCUT2D eigenvalue weighted by atomic mass is 10.0. The quantitative estimate of drug-likeness (QED) is 0.384. The Balaban J connectivity index is 1.74. The second-order valence-electron chi connectivity index (χ2n) is 6.62. The Morgan fingerprint density at radius 1 is 0.867 bits per heavy atom. The van der Waals surface area contributed by atoms with Crippen LogP contribution in [-0.4, -0.2) is 30.3 Å². The summed E-state index contributed by atoms with van der Waals surface area (Å²) in [4.78, 5) is 26.1. The van der Waals surface area contributed by atoms with Gasteiger partial charge in [0.2, 0.25) is 0 Å². The number of rotatable bonds is 6. The summed E-state index contributed by atoms with van der Waals surface area (Å²) in [5.74, 6) is -0.406. The first-order valence-electron chi connectivity index (χ1n) is 9.35. The van der Waals surface area contributed by atoms with Gasteiger partial charge in [-0.2, -0.15) is 0 Å².